The predicted molar refractivity (Wildman–Crippen MR) is 74.3 cm³/mol. The molecule has 0 atom stereocenters. The van der Waals surface area contributed by atoms with Crippen molar-refractivity contribution in [3.63, 3.8) is 0 Å². The zero-order valence-electron chi connectivity index (χ0n) is 9.90. The van der Waals surface area contributed by atoms with Crippen LogP contribution < -0.4 is 4.90 Å². The lowest BCUT2D eigenvalue weighted by molar-refractivity contribution is 0.471. The van der Waals surface area contributed by atoms with Crippen molar-refractivity contribution in [2.24, 2.45) is 0 Å². The zero-order chi connectivity index (χ0) is 13.1. The van der Waals surface area contributed by atoms with Gasteiger partial charge in [0.15, 0.2) is 0 Å². The molecule has 0 fully saturated rings. The van der Waals surface area contributed by atoms with Crippen LogP contribution in [-0.2, 0) is 6.54 Å². The van der Waals surface area contributed by atoms with Gasteiger partial charge < -0.3 is 10.0 Å². The van der Waals surface area contributed by atoms with Crippen LogP contribution in [0, 0.1) is 5.82 Å². The van der Waals surface area contributed by atoms with Crippen molar-refractivity contribution in [2.75, 3.05) is 11.9 Å². The summed E-state index contributed by atoms with van der Waals surface area (Å²) in [6.07, 6.45) is 0. The van der Waals surface area contributed by atoms with E-state index in [9.17, 15) is 9.50 Å². The largest absolute Gasteiger partial charge is 0.507 e. The van der Waals surface area contributed by atoms with Crippen LogP contribution in [0.3, 0.4) is 0 Å². The number of benzene rings is 2. The third kappa shape index (κ3) is 3.01. The van der Waals surface area contributed by atoms with E-state index in [1.54, 1.807) is 12.1 Å². The first-order chi connectivity index (χ1) is 8.56. The minimum Gasteiger partial charge on any atom is -0.507 e. The summed E-state index contributed by atoms with van der Waals surface area (Å²) in [6, 6.07) is 11.8. The molecule has 0 aliphatic heterocycles. The van der Waals surface area contributed by atoms with Gasteiger partial charge in [-0.15, -0.1) is 0 Å². The first kappa shape index (κ1) is 12.9. The second-order valence-corrected chi connectivity index (χ2v) is 4.98. The topological polar surface area (TPSA) is 23.5 Å². The lowest BCUT2D eigenvalue weighted by atomic mass is 10.2. The first-order valence-corrected chi connectivity index (χ1v) is 6.29. The van der Waals surface area contributed by atoms with Crippen molar-refractivity contribution in [3.05, 3.63) is 58.3 Å². The maximum Gasteiger partial charge on any atom is 0.129 e. The summed E-state index contributed by atoms with van der Waals surface area (Å²) in [5, 5.41) is 9.42. The van der Waals surface area contributed by atoms with E-state index in [0.717, 1.165) is 11.3 Å². The summed E-state index contributed by atoms with van der Waals surface area (Å²) < 4.78 is 13.8. The quantitative estimate of drug-likeness (QED) is 0.928. The lowest BCUT2D eigenvalue weighted by Crippen LogP contribution is -2.16. The zero-order valence-corrected chi connectivity index (χ0v) is 11.5. The number of hydrogen-bond donors (Lipinski definition) is 1. The molecule has 2 aromatic rings. The Balaban J connectivity index is 2.16. The molecule has 2 rings (SSSR count). The fraction of sp³-hybridized carbons (Fsp3) is 0.143. The predicted octanol–water partition coefficient (Wildman–Crippen LogP) is 3.93. The number of phenols is 1. The molecule has 94 valence electrons. The summed E-state index contributed by atoms with van der Waals surface area (Å²) in [6.45, 7) is 0.641. The highest BCUT2D eigenvalue weighted by Crippen LogP contribution is 2.25. The Labute approximate surface area is 114 Å². The van der Waals surface area contributed by atoms with E-state index in [2.05, 4.69) is 15.9 Å². The van der Waals surface area contributed by atoms with Gasteiger partial charge >= 0.3 is 0 Å². The highest BCUT2D eigenvalue weighted by atomic mass is 79.9. The Morgan fingerprint density at radius 2 is 2.00 bits per heavy atom. The van der Waals surface area contributed by atoms with E-state index >= 15 is 0 Å². The number of hydrogen-bond acceptors (Lipinski definition) is 2. The van der Waals surface area contributed by atoms with E-state index in [1.807, 2.05) is 30.1 Å². The molecule has 0 spiro atoms. The van der Waals surface area contributed by atoms with Crippen LogP contribution in [0.1, 0.15) is 5.56 Å². The summed E-state index contributed by atoms with van der Waals surface area (Å²) in [4.78, 5) is 1.95. The van der Waals surface area contributed by atoms with Gasteiger partial charge in [0.2, 0.25) is 0 Å². The fourth-order valence-corrected chi connectivity index (χ4v) is 2.15. The normalized spacial score (nSPS) is 10.4. The van der Waals surface area contributed by atoms with E-state index in [0.29, 0.717) is 11.0 Å². The number of nitrogens with zero attached hydrogens (tertiary/aromatic N) is 1. The molecule has 2 nitrogen and oxygen atoms in total. The number of halogens is 2. The standard InChI is InChI=1S/C14H13BrFNO/c1-17(12-4-2-3-11(16)8-12)9-10-5-6-14(18)13(15)7-10/h2-8,18H,9H2,1H3. The molecule has 0 saturated carbocycles. The Bertz CT molecular complexity index is 559. The van der Waals surface area contributed by atoms with Crippen molar-refractivity contribution in [2.45, 2.75) is 6.54 Å². The number of phenolic OH excluding ortho intramolecular Hbond substituents is 1. The number of anilines is 1. The molecule has 0 amide bonds. The van der Waals surface area contributed by atoms with Gasteiger partial charge in [0.25, 0.3) is 0 Å². The third-order valence-electron chi connectivity index (χ3n) is 2.68. The molecule has 0 aromatic heterocycles. The number of aromatic hydroxyl groups is 1. The lowest BCUT2D eigenvalue weighted by Gasteiger charge is -2.19. The van der Waals surface area contributed by atoms with Gasteiger partial charge in [-0.05, 0) is 51.8 Å². The van der Waals surface area contributed by atoms with E-state index in [1.165, 1.54) is 12.1 Å². The minimum atomic E-state index is -0.244. The van der Waals surface area contributed by atoms with Gasteiger partial charge in [0.05, 0.1) is 4.47 Å². The molecule has 0 heterocycles. The average molecular weight is 310 g/mol. The van der Waals surface area contributed by atoms with E-state index < -0.39 is 0 Å². The summed E-state index contributed by atoms with van der Waals surface area (Å²) in [7, 11) is 1.90. The van der Waals surface area contributed by atoms with Crippen LogP contribution in [0.5, 0.6) is 5.75 Å². The Morgan fingerprint density at radius 3 is 2.67 bits per heavy atom. The highest BCUT2D eigenvalue weighted by Gasteiger charge is 2.05. The van der Waals surface area contributed by atoms with Crippen LogP contribution in [-0.4, -0.2) is 12.2 Å². The van der Waals surface area contributed by atoms with Crippen molar-refractivity contribution in [1.82, 2.24) is 0 Å². The molecule has 2 aromatic carbocycles. The Kier molecular flexibility index (Phi) is 3.87. The van der Waals surface area contributed by atoms with Gasteiger partial charge in [-0.25, -0.2) is 4.39 Å². The molecule has 0 aliphatic rings. The van der Waals surface area contributed by atoms with Crippen LogP contribution in [0.2, 0.25) is 0 Å². The molecule has 0 bridgehead atoms. The summed E-state index contributed by atoms with van der Waals surface area (Å²) >= 11 is 3.28. The van der Waals surface area contributed by atoms with E-state index in [-0.39, 0.29) is 11.6 Å². The van der Waals surface area contributed by atoms with Gasteiger partial charge in [0.1, 0.15) is 11.6 Å². The van der Waals surface area contributed by atoms with Crippen molar-refractivity contribution < 1.29 is 9.50 Å². The molecule has 0 saturated heterocycles. The molecule has 18 heavy (non-hydrogen) atoms. The van der Waals surface area contributed by atoms with Crippen molar-refractivity contribution in [3.8, 4) is 5.75 Å². The Morgan fingerprint density at radius 1 is 1.22 bits per heavy atom. The maximum absolute atomic E-state index is 13.1. The van der Waals surface area contributed by atoms with Gasteiger partial charge in [-0.2, -0.15) is 0 Å². The highest BCUT2D eigenvalue weighted by molar-refractivity contribution is 9.10. The molecular formula is C14H13BrFNO. The molecule has 1 N–H and O–H groups in total. The SMILES string of the molecule is CN(Cc1ccc(O)c(Br)c1)c1cccc(F)c1. The Hall–Kier alpha value is -1.55. The fourth-order valence-electron chi connectivity index (χ4n) is 1.73. The van der Waals surface area contributed by atoms with Crippen LogP contribution >= 0.6 is 15.9 Å². The van der Waals surface area contributed by atoms with Crippen molar-refractivity contribution in [1.29, 1.82) is 0 Å². The van der Waals surface area contributed by atoms with Gasteiger partial charge in [-0.3, -0.25) is 0 Å². The molecule has 0 unspecified atom stereocenters. The second kappa shape index (κ2) is 5.40. The van der Waals surface area contributed by atoms with Crippen molar-refractivity contribution >= 4 is 21.6 Å². The van der Waals surface area contributed by atoms with Crippen LogP contribution in [0.4, 0.5) is 10.1 Å². The molecule has 0 radical (unpaired) electrons. The second-order valence-electron chi connectivity index (χ2n) is 4.12. The molecule has 0 aliphatic carbocycles. The molecule has 4 heteroatoms. The van der Waals surface area contributed by atoms with Gasteiger partial charge in [0, 0.05) is 19.3 Å². The summed E-state index contributed by atoms with van der Waals surface area (Å²) in [5.74, 6) is -0.0293. The first-order valence-electron chi connectivity index (χ1n) is 5.50. The third-order valence-corrected chi connectivity index (χ3v) is 3.32. The molecular weight excluding hydrogens is 297 g/mol. The maximum atomic E-state index is 13.1. The smallest absolute Gasteiger partial charge is 0.129 e. The van der Waals surface area contributed by atoms with Crippen LogP contribution in [0.25, 0.3) is 0 Å². The van der Waals surface area contributed by atoms with Gasteiger partial charge in [-0.1, -0.05) is 12.1 Å². The van der Waals surface area contributed by atoms with Crippen LogP contribution in [0.15, 0.2) is 46.9 Å². The minimum absolute atomic E-state index is 0.215. The number of rotatable bonds is 3. The van der Waals surface area contributed by atoms with E-state index in [4.69, 9.17) is 0 Å². The average Bonchev–Trinajstić information content (AvgIpc) is 2.34. The monoisotopic (exact) mass is 309 g/mol. The summed E-state index contributed by atoms with van der Waals surface area (Å²) in [5.41, 5.74) is 1.85.